The molecule has 0 aliphatic carbocycles. The molecule has 0 radical (unpaired) electrons. The van der Waals surface area contributed by atoms with Gasteiger partial charge >= 0.3 is 0 Å². The van der Waals surface area contributed by atoms with E-state index in [1.54, 1.807) is 11.5 Å². The lowest BCUT2D eigenvalue weighted by atomic mass is 10.2. The molecule has 0 aliphatic rings. The summed E-state index contributed by atoms with van der Waals surface area (Å²) < 4.78 is 7.92. The molecule has 0 aliphatic heterocycles. The van der Waals surface area contributed by atoms with Crippen LogP contribution in [-0.4, -0.2) is 33.3 Å². The molecule has 6 nitrogen and oxygen atoms in total. The molecule has 2 rings (SSSR count). The lowest BCUT2D eigenvalue weighted by Gasteiger charge is -2.13. The fraction of sp³-hybridized carbons (Fsp3) is 0.400. The van der Waals surface area contributed by atoms with E-state index in [9.17, 15) is 4.79 Å². The van der Waals surface area contributed by atoms with E-state index in [0.717, 1.165) is 11.4 Å². The van der Waals surface area contributed by atoms with Gasteiger partial charge in [-0.1, -0.05) is 30.3 Å². The molecule has 0 spiro atoms. The number of rotatable bonds is 7. The number of hydrogen-bond donors (Lipinski definition) is 2. The molecule has 0 bridgehead atoms. The maximum absolute atomic E-state index is 12.0. The van der Waals surface area contributed by atoms with E-state index in [1.807, 2.05) is 37.4 Å². The zero-order valence-corrected chi connectivity index (χ0v) is 13.5. The Labute approximate surface area is 134 Å². The van der Waals surface area contributed by atoms with E-state index >= 15 is 0 Å². The molecule has 0 saturated heterocycles. The number of benzene rings is 1. The predicted octanol–water partition coefficient (Wildman–Crippen LogP) is 1.74. The van der Waals surface area contributed by atoms with Gasteiger partial charge in [0, 0.05) is 20.0 Å². The molecule has 2 aromatic rings. The monoisotopic (exact) mass is 320 g/mol. The molecule has 1 unspecified atom stereocenters. The number of amides is 1. The number of nitrogens with zero attached hydrogens (tertiary/aromatic N) is 2. The van der Waals surface area contributed by atoms with Crippen molar-refractivity contribution in [2.45, 2.75) is 26.1 Å². The summed E-state index contributed by atoms with van der Waals surface area (Å²) in [6.45, 7) is 2.66. The Hall–Kier alpha value is -1.99. The zero-order chi connectivity index (χ0) is 15.9. The second-order valence-corrected chi connectivity index (χ2v) is 5.37. The maximum atomic E-state index is 12.0. The third-order valence-electron chi connectivity index (χ3n) is 3.33. The first kappa shape index (κ1) is 16.4. The molecule has 2 N–H and O–H groups in total. The van der Waals surface area contributed by atoms with Gasteiger partial charge in [0.25, 0.3) is 0 Å². The first-order valence-corrected chi connectivity index (χ1v) is 7.52. The molecule has 0 fully saturated rings. The Kier molecular flexibility index (Phi) is 5.85. The first-order valence-electron chi connectivity index (χ1n) is 7.11. The van der Waals surface area contributed by atoms with Crippen LogP contribution >= 0.6 is 12.2 Å². The Morgan fingerprint density at radius 3 is 2.82 bits per heavy atom. The average molecular weight is 320 g/mol. The quantitative estimate of drug-likeness (QED) is 0.762. The highest BCUT2D eigenvalue weighted by Gasteiger charge is 2.13. The van der Waals surface area contributed by atoms with Crippen molar-refractivity contribution in [3.63, 3.8) is 0 Å². The van der Waals surface area contributed by atoms with Gasteiger partial charge < -0.3 is 14.6 Å². The lowest BCUT2D eigenvalue weighted by molar-refractivity contribution is -0.132. The summed E-state index contributed by atoms with van der Waals surface area (Å²) in [5, 5.41) is 9.65. The summed E-state index contributed by atoms with van der Waals surface area (Å²) in [7, 11) is 1.84. The third kappa shape index (κ3) is 4.51. The van der Waals surface area contributed by atoms with Gasteiger partial charge in [-0.2, -0.15) is 5.10 Å². The van der Waals surface area contributed by atoms with Crippen molar-refractivity contribution in [1.29, 1.82) is 0 Å². The van der Waals surface area contributed by atoms with Crippen LogP contribution in [0.3, 0.4) is 0 Å². The standard InChI is InChI=1S/C15H20N4O2S/c1-11(21-10-12-6-4-3-5-7-12)14(20)16-9-8-13-17-18-15(22)19(13)2/h3-7,11H,8-10H2,1-2H3,(H,16,20)(H,18,22). The summed E-state index contributed by atoms with van der Waals surface area (Å²) in [6, 6.07) is 9.77. The maximum Gasteiger partial charge on any atom is 0.248 e. The SMILES string of the molecule is CC(OCc1ccccc1)C(=O)NCCc1n[nH]c(=S)n1C. The van der Waals surface area contributed by atoms with E-state index in [2.05, 4.69) is 15.5 Å². The lowest BCUT2D eigenvalue weighted by Crippen LogP contribution is -2.35. The van der Waals surface area contributed by atoms with Gasteiger partial charge in [0.05, 0.1) is 6.61 Å². The van der Waals surface area contributed by atoms with E-state index in [0.29, 0.717) is 24.3 Å². The minimum absolute atomic E-state index is 0.132. The Morgan fingerprint density at radius 1 is 1.45 bits per heavy atom. The highest BCUT2D eigenvalue weighted by molar-refractivity contribution is 7.71. The summed E-state index contributed by atoms with van der Waals surface area (Å²) in [6.07, 6.45) is 0.114. The minimum Gasteiger partial charge on any atom is -0.364 e. The van der Waals surface area contributed by atoms with E-state index in [1.165, 1.54) is 0 Å². The Morgan fingerprint density at radius 2 is 2.18 bits per heavy atom. The molecule has 1 atom stereocenters. The number of aromatic amines is 1. The van der Waals surface area contributed by atoms with Crippen LogP contribution in [0.2, 0.25) is 0 Å². The highest BCUT2D eigenvalue weighted by Crippen LogP contribution is 2.03. The van der Waals surface area contributed by atoms with Crippen LogP contribution in [0.1, 0.15) is 18.3 Å². The van der Waals surface area contributed by atoms with E-state index in [-0.39, 0.29) is 5.91 Å². The van der Waals surface area contributed by atoms with Gasteiger partial charge in [0.15, 0.2) is 4.77 Å². The summed E-state index contributed by atoms with van der Waals surface area (Å²) in [4.78, 5) is 12.0. The molecule has 1 heterocycles. The Bertz CT molecular complexity index is 666. The van der Waals surface area contributed by atoms with Crippen molar-refractivity contribution in [2.24, 2.45) is 7.05 Å². The summed E-state index contributed by atoms with van der Waals surface area (Å²) in [5.74, 6) is 0.677. The van der Waals surface area contributed by atoms with E-state index < -0.39 is 6.10 Å². The average Bonchev–Trinajstić information content (AvgIpc) is 2.85. The van der Waals surface area contributed by atoms with Gasteiger partial charge in [-0.3, -0.25) is 9.89 Å². The molecule has 1 amide bonds. The van der Waals surface area contributed by atoms with Crippen molar-refractivity contribution in [2.75, 3.05) is 6.54 Å². The number of hydrogen-bond acceptors (Lipinski definition) is 4. The number of ether oxygens (including phenoxy) is 1. The van der Waals surface area contributed by atoms with Crippen LogP contribution in [0.15, 0.2) is 30.3 Å². The van der Waals surface area contributed by atoms with Crippen molar-refractivity contribution in [3.05, 3.63) is 46.5 Å². The fourth-order valence-corrected chi connectivity index (χ4v) is 2.07. The van der Waals surface area contributed by atoms with Crippen LogP contribution < -0.4 is 5.32 Å². The number of carbonyl (C=O) groups excluding carboxylic acids is 1. The van der Waals surface area contributed by atoms with Crippen LogP contribution in [0.4, 0.5) is 0 Å². The zero-order valence-electron chi connectivity index (χ0n) is 12.7. The van der Waals surface area contributed by atoms with E-state index in [4.69, 9.17) is 17.0 Å². The van der Waals surface area contributed by atoms with Crippen LogP contribution in [-0.2, 0) is 29.6 Å². The predicted molar refractivity (Wildman–Crippen MR) is 85.8 cm³/mol. The second kappa shape index (κ2) is 7.86. The summed E-state index contributed by atoms with van der Waals surface area (Å²) >= 11 is 5.04. The molecule has 22 heavy (non-hydrogen) atoms. The van der Waals surface area contributed by atoms with Gasteiger partial charge in [0.1, 0.15) is 11.9 Å². The number of H-pyrrole nitrogens is 1. The van der Waals surface area contributed by atoms with Crippen molar-refractivity contribution >= 4 is 18.1 Å². The van der Waals surface area contributed by atoms with Crippen LogP contribution in [0.25, 0.3) is 0 Å². The largest absolute Gasteiger partial charge is 0.364 e. The molecular formula is C15H20N4O2S. The number of aromatic nitrogens is 3. The molecular weight excluding hydrogens is 300 g/mol. The van der Waals surface area contributed by atoms with Crippen LogP contribution in [0, 0.1) is 4.77 Å². The fourth-order valence-electron chi connectivity index (χ4n) is 1.92. The topological polar surface area (TPSA) is 71.9 Å². The minimum atomic E-state index is -0.498. The second-order valence-electron chi connectivity index (χ2n) is 4.98. The van der Waals surface area contributed by atoms with Gasteiger partial charge in [-0.15, -0.1) is 0 Å². The van der Waals surface area contributed by atoms with Crippen molar-refractivity contribution < 1.29 is 9.53 Å². The van der Waals surface area contributed by atoms with Crippen LogP contribution in [0.5, 0.6) is 0 Å². The highest BCUT2D eigenvalue weighted by atomic mass is 32.1. The van der Waals surface area contributed by atoms with Gasteiger partial charge in [-0.25, -0.2) is 0 Å². The normalized spacial score (nSPS) is 12.1. The third-order valence-corrected chi connectivity index (χ3v) is 3.70. The Balaban J connectivity index is 1.72. The molecule has 1 aromatic carbocycles. The smallest absolute Gasteiger partial charge is 0.248 e. The molecule has 0 saturated carbocycles. The van der Waals surface area contributed by atoms with Gasteiger partial charge in [-0.05, 0) is 24.7 Å². The number of nitrogens with one attached hydrogen (secondary N) is 2. The number of carbonyl (C=O) groups is 1. The van der Waals surface area contributed by atoms with Gasteiger partial charge in [0.2, 0.25) is 5.91 Å². The van der Waals surface area contributed by atoms with Crippen molar-refractivity contribution in [3.8, 4) is 0 Å². The molecule has 1 aromatic heterocycles. The summed E-state index contributed by atoms with van der Waals surface area (Å²) in [5.41, 5.74) is 1.05. The molecule has 7 heteroatoms. The molecule has 118 valence electrons. The first-order chi connectivity index (χ1) is 10.6. The van der Waals surface area contributed by atoms with Crippen molar-refractivity contribution in [1.82, 2.24) is 20.1 Å².